The summed E-state index contributed by atoms with van der Waals surface area (Å²) >= 11 is 1.44. The van der Waals surface area contributed by atoms with Crippen LogP contribution in [0.15, 0.2) is 0 Å². The van der Waals surface area contributed by atoms with Crippen LogP contribution in [0.1, 0.15) is 33.5 Å². The van der Waals surface area contributed by atoms with Gasteiger partial charge in [0.2, 0.25) is 5.13 Å². The minimum absolute atomic E-state index is 0.689. The molecular weight excluding hydrogens is 206 g/mol. The number of nitrogens with zero attached hydrogens (tertiary/aromatic N) is 2. The minimum Gasteiger partial charge on any atom is -0.360 e. The van der Waals surface area contributed by atoms with Crippen LogP contribution in [0.25, 0.3) is 0 Å². The maximum atomic E-state index is 4.30. The second-order valence-corrected chi connectivity index (χ2v) is 5.43. The van der Waals surface area contributed by atoms with Gasteiger partial charge in [0.15, 0.2) is 0 Å². The van der Waals surface area contributed by atoms with E-state index in [0.29, 0.717) is 17.8 Å². The van der Waals surface area contributed by atoms with Crippen molar-refractivity contribution in [3.63, 3.8) is 0 Å². The van der Waals surface area contributed by atoms with E-state index >= 15 is 0 Å². The Balaban J connectivity index is 2.47. The van der Waals surface area contributed by atoms with E-state index in [2.05, 4.69) is 42.4 Å². The zero-order valence-corrected chi connectivity index (χ0v) is 11.1. The van der Waals surface area contributed by atoms with Crippen LogP contribution in [-0.2, 0) is 0 Å². The lowest BCUT2D eigenvalue weighted by Crippen LogP contribution is -2.24. The number of rotatable bonds is 5. The molecular formula is C11H21N3S. The molecule has 0 aliphatic heterocycles. The molecule has 0 fully saturated rings. The zero-order chi connectivity index (χ0) is 11.4. The molecule has 0 amide bonds. The quantitative estimate of drug-likeness (QED) is 0.839. The first kappa shape index (κ1) is 12.4. The Morgan fingerprint density at radius 2 is 1.80 bits per heavy atom. The number of hydrogen-bond acceptors (Lipinski definition) is 4. The Labute approximate surface area is 96.5 Å². The Bertz CT molecular complexity index is 286. The van der Waals surface area contributed by atoms with Crippen LogP contribution in [0.3, 0.4) is 0 Å². The first-order valence-electron chi connectivity index (χ1n) is 5.55. The van der Waals surface area contributed by atoms with Crippen molar-refractivity contribution in [3.8, 4) is 0 Å². The van der Waals surface area contributed by atoms with E-state index < -0.39 is 0 Å². The predicted octanol–water partition coefficient (Wildman–Crippen LogP) is 3.19. The summed E-state index contributed by atoms with van der Waals surface area (Å²) < 4.78 is 4.15. The van der Waals surface area contributed by atoms with Gasteiger partial charge in [0.1, 0.15) is 5.82 Å². The lowest BCUT2D eigenvalue weighted by molar-refractivity contribution is 0.304. The van der Waals surface area contributed by atoms with Crippen molar-refractivity contribution >= 4 is 16.7 Å². The van der Waals surface area contributed by atoms with Gasteiger partial charge in [-0.2, -0.15) is 4.37 Å². The Kier molecular flexibility index (Phi) is 4.51. The normalized spacial score (nSPS) is 11.7. The van der Waals surface area contributed by atoms with Crippen molar-refractivity contribution in [2.75, 3.05) is 11.9 Å². The topological polar surface area (TPSA) is 37.8 Å². The lowest BCUT2D eigenvalue weighted by atomic mass is 9.86. The van der Waals surface area contributed by atoms with Crippen molar-refractivity contribution in [2.45, 2.75) is 34.6 Å². The molecule has 0 saturated carbocycles. The van der Waals surface area contributed by atoms with E-state index in [1.807, 2.05) is 6.92 Å². The van der Waals surface area contributed by atoms with E-state index in [4.69, 9.17) is 0 Å². The maximum Gasteiger partial charge on any atom is 0.202 e. The summed E-state index contributed by atoms with van der Waals surface area (Å²) in [6.45, 7) is 12.0. The van der Waals surface area contributed by atoms with Crippen molar-refractivity contribution in [2.24, 2.45) is 17.8 Å². The van der Waals surface area contributed by atoms with Gasteiger partial charge in [0.05, 0.1) is 0 Å². The van der Waals surface area contributed by atoms with E-state index in [9.17, 15) is 0 Å². The van der Waals surface area contributed by atoms with Gasteiger partial charge in [-0.15, -0.1) is 0 Å². The number of aromatic nitrogens is 2. The number of hydrogen-bond donors (Lipinski definition) is 1. The zero-order valence-electron chi connectivity index (χ0n) is 10.2. The van der Waals surface area contributed by atoms with Gasteiger partial charge >= 0.3 is 0 Å². The standard InChI is InChI=1S/C11H21N3S/c1-7(2)10(8(3)4)6-12-11-13-9(5)14-15-11/h7-8,10H,6H2,1-5H3,(H,12,13,14). The highest BCUT2D eigenvalue weighted by Crippen LogP contribution is 2.21. The Morgan fingerprint density at radius 3 is 2.20 bits per heavy atom. The molecule has 1 rings (SSSR count). The van der Waals surface area contributed by atoms with Crippen LogP contribution in [0, 0.1) is 24.7 Å². The monoisotopic (exact) mass is 227 g/mol. The molecule has 1 aromatic heterocycles. The van der Waals surface area contributed by atoms with Gasteiger partial charge in [0.25, 0.3) is 0 Å². The van der Waals surface area contributed by atoms with E-state index in [0.717, 1.165) is 17.5 Å². The molecule has 0 radical (unpaired) electrons. The van der Waals surface area contributed by atoms with Crippen LogP contribution in [-0.4, -0.2) is 15.9 Å². The molecule has 86 valence electrons. The highest BCUT2D eigenvalue weighted by Gasteiger charge is 2.17. The van der Waals surface area contributed by atoms with Crippen molar-refractivity contribution < 1.29 is 0 Å². The fraction of sp³-hybridized carbons (Fsp3) is 0.818. The van der Waals surface area contributed by atoms with Crippen LogP contribution in [0.2, 0.25) is 0 Å². The summed E-state index contributed by atoms with van der Waals surface area (Å²) in [4.78, 5) is 4.30. The molecule has 1 aromatic rings. The number of nitrogens with one attached hydrogen (secondary N) is 1. The van der Waals surface area contributed by atoms with Crippen molar-refractivity contribution in [1.82, 2.24) is 9.36 Å². The highest BCUT2D eigenvalue weighted by molar-refractivity contribution is 7.09. The van der Waals surface area contributed by atoms with E-state index in [-0.39, 0.29) is 0 Å². The van der Waals surface area contributed by atoms with Gasteiger partial charge in [-0.25, -0.2) is 4.98 Å². The largest absolute Gasteiger partial charge is 0.360 e. The smallest absolute Gasteiger partial charge is 0.202 e. The number of anilines is 1. The molecule has 0 atom stereocenters. The molecule has 0 bridgehead atoms. The maximum absolute atomic E-state index is 4.30. The molecule has 4 heteroatoms. The molecule has 0 unspecified atom stereocenters. The first-order valence-corrected chi connectivity index (χ1v) is 6.32. The second-order valence-electron chi connectivity index (χ2n) is 4.68. The third-order valence-corrected chi connectivity index (χ3v) is 3.49. The molecule has 0 aliphatic rings. The van der Waals surface area contributed by atoms with Gasteiger partial charge in [-0.3, -0.25) is 0 Å². The average Bonchev–Trinajstić information content (AvgIpc) is 2.50. The van der Waals surface area contributed by atoms with Crippen molar-refractivity contribution in [1.29, 1.82) is 0 Å². The van der Waals surface area contributed by atoms with Gasteiger partial charge in [0, 0.05) is 18.1 Å². The highest BCUT2D eigenvalue weighted by atomic mass is 32.1. The summed E-state index contributed by atoms with van der Waals surface area (Å²) in [5.41, 5.74) is 0. The summed E-state index contributed by atoms with van der Waals surface area (Å²) in [5, 5.41) is 4.32. The third kappa shape index (κ3) is 3.78. The van der Waals surface area contributed by atoms with Crippen LogP contribution in [0.4, 0.5) is 5.13 Å². The molecule has 0 spiro atoms. The Morgan fingerprint density at radius 1 is 1.20 bits per heavy atom. The minimum atomic E-state index is 0.689. The molecule has 0 aliphatic carbocycles. The predicted molar refractivity (Wildman–Crippen MR) is 66.3 cm³/mol. The summed E-state index contributed by atoms with van der Waals surface area (Å²) in [6, 6.07) is 0. The van der Waals surface area contributed by atoms with Crippen molar-refractivity contribution in [3.05, 3.63) is 5.82 Å². The fourth-order valence-electron chi connectivity index (χ4n) is 1.82. The molecule has 3 nitrogen and oxygen atoms in total. The van der Waals surface area contributed by atoms with Crippen LogP contribution < -0.4 is 5.32 Å². The van der Waals surface area contributed by atoms with Gasteiger partial charge in [-0.1, -0.05) is 27.7 Å². The summed E-state index contributed by atoms with van der Waals surface area (Å²) in [6.07, 6.45) is 0. The second kappa shape index (κ2) is 5.45. The fourth-order valence-corrected chi connectivity index (χ4v) is 2.40. The lowest BCUT2D eigenvalue weighted by Gasteiger charge is -2.24. The third-order valence-electron chi connectivity index (χ3n) is 2.73. The molecule has 0 saturated heterocycles. The molecule has 1 N–H and O–H groups in total. The van der Waals surface area contributed by atoms with E-state index in [1.54, 1.807) is 0 Å². The molecule has 0 aromatic carbocycles. The number of aryl methyl sites for hydroxylation is 1. The van der Waals surface area contributed by atoms with Crippen LogP contribution >= 0.6 is 11.5 Å². The van der Waals surface area contributed by atoms with Crippen LogP contribution in [0.5, 0.6) is 0 Å². The van der Waals surface area contributed by atoms with Gasteiger partial charge < -0.3 is 5.32 Å². The van der Waals surface area contributed by atoms with Gasteiger partial charge in [-0.05, 0) is 24.7 Å². The van der Waals surface area contributed by atoms with E-state index in [1.165, 1.54) is 11.5 Å². The SMILES string of the molecule is Cc1nsc(NCC(C(C)C)C(C)C)n1. The molecule has 15 heavy (non-hydrogen) atoms. The first-order chi connectivity index (χ1) is 7.00. The average molecular weight is 227 g/mol. The Hall–Kier alpha value is -0.640. The molecule has 1 heterocycles. The summed E-state index contributed by atoms with van der Waals surface area (Å²) in [5.74, 6) is 2.94. The summed E-state index contributed by atoms with van der Waals surface area (Å²) in [7, 11) is 0.